The summed E-state index contributed by atoms with van der Waals surface area (Å²) < 4.78 is 3.06. The van der Waals surface area contributed by atoms with Gasteiger partial charge in [0.15, 0.2) is 0 Å². The van der Waals surface area contributed by atoms with Gasteiger partial charge < -0.3 is 4.72 Å². The first-order valence-corrected chi connectivity index (χ1v) is 6.66. The van der Waals surface area contributed by atoms with Crippen LogP contribution >= 0.6 is 34.2 Å². The lowest BCUT2D eigenvalue weighted by molar-refractivity contribution is 1.41. The second-order valence-corrected chi connectivity index (χ2v) is 9.26. The van der Waals surface area contributed by atoms with E-state index in [2.05, 4.69) is 31.2 Å². The Morgan fingerprint density at radius 1 is 1.50 bits per heavy atom. The fourth-order valence-electron chi connectivity index (χ4n) is 0.379. The van der Waals surface area contributed by atoms with E-state index < -0.39 is 7.68 Å². The first kappa shape index (κ1) is 6.58. The van der Waals surface area contributed by atoms with Gasteiger partial charge in [-0.15, -0.1) is 0 Å². The topological polar surface area (TPSA) is 12.0 Å². The van der Waals surface area contributed by atoms with E-state index in [0.717, 1.165) is 0 Å². The lowest BCUT2D eigenvalue weighted by Gasteiger charge is -2.24. The fourth-order valence-corrected chi connectivity index (χ4v) is 2.12. The molecule has 0 aliphatic carbocycles. The SMILES string of the molecule is SS1(Br)C=CC=CN1. The number of hydrogen-bond donors (Lipinski definition) is 2. The third-order valence-corrected chi connectivity index (χ3v) is 3.57. The van der Waals surface area contributed by atoms with Crippen LogP contribution in [-0.2, 0) is 0 Å². The highest BCUT2D eigenvalue weighted by atomic mass is 79.9. The summed E-state index contributed by atoms with van der Waals surface area (Å²) in [5.74, 6) is 0. The number of rotatable bonds is 0. The predicted octanol–water partition coefficient (Wildman–Crippen LogP) is 2.49. The summed E-state index contributed by atoms with van der Waals surface area (Å²) >= 11 is 7.66. The Hall–Kier alpha value is 0.460. The Morgan fingerprint density at radius 3 is 2.50 bits per heavy atom. The molecule has 1 unspecified atom stereocenters. The predicted molar refractivity (Wildman–Crippen MR) is 46.9 cm³/mol. The molecule has 0 aromatic heterocycles. The van der Waals surface area contributed by atoms with Gasteiger partial charge >= 0.3 is 0 Å². The van der Waals surface area contributed by atoms with Crippen molar-refractivity contribution in [2.24, 2.45) is 0 Å². The molecule has 0 aromatic carbocycles. The maximum atomic E-state index is 4.27. The van der Waals surface area contributed by atoms with Gasteiger partial charge in [-0.2, -0.15) is 0 Å². The Labute approximate surface area is 62.7 Å². The molecule has 1 aliphatic heterocycles. The molecule has 1 nitrogen and oxygen atoms in total. The molecule has 0 aromatic rings. The fraction of sp³-hybridized carbons (Fsp3) is 0. The normalized spacial score (nSPS) is 42.8. The van der Waals surface area contributed by atoms with Gasteiger partial charge in [-0.3, -0.25) is 0 Å². The van der Waals surface area contributed by atoms with E-state index in [0.29, 0.717) is 0 Å². The van der Waals surface area contributed by atoms with Crippen LogP contribution in [0.15, 0.2) is 23.8 Å². The maximum absolute atomic E-state index is 4.27. The molecule has 1 N–H and O–H groups in total. The van der Waals surface area contributed by atoms with E-state index in [1.165, 1.54) is 0 Å². The number of nitrogens with one attached hydrogen (secondary N) is 1. The molecule has 0 saturated carbocycles. The summed E-state index contributed by atoms with van der Waals surface area (Å²) in [6.07, 6.45) is 5.77. The largest absolute Gasteiger partial charge is 0.334 e. The quantitative estimate of drug-likeness (QED) is 0.464. The van der Waals surface area contributed by atoms with Gasteiger partial charge in [0, 0.05) is 21.0 Å². The molecule has 46 valence electrons. The molecular weight excluding hydrogens is 206 g/mol. The summed E-state index contributed by atoms with van der Waals surface area (Å²) in [5.41, 5.74) is 0. The van der Waals surface area contributed by atoms with Crippen molar-refractivity contribution in [1.29, 1.82) is 0 Å². The standard InChI is InChI=1S/C4H6BrNS2/c5-8(7)4-2-1-3-6-8/h1-4,6-7H. The summed E-state index contributed by atoms with van der Waals surface area (Å²) in [4.78, 5) is 0. The first-order chi connectivity index (χ1) is 3.71. The van der Waals surface area contributed by atoms with Crippen LogP contribution < -0.4 is 4.72 Å². The van der Waals surface area contributed by atoms with Gasteiger partial charge in [0.1, 0.15) is 0 Å². The molecule has 0 amide bonds. The van der Waals surface area contributed by atoms with Crippen LogP contribution in [0.4, 0.5) is 0 Å². The number of thiol groups is 1. The van der Waals surface area contributed by atoms with Crippen LogP contribution in [-0.4, -0.2) is 0 Å². The highest BCUT2D eigenvalue weighted by molar-refractivity contribution is 9.69. The third kappa shape index (κ3) is 1.76. The summed E-state index contributed by atoms with van der Waals surface area (Å²) in [5, 5.41) is 2.00. The minimum absolute atomic E-state index is 1.09. The second-order valence-electron chi connectivity index (χ2n) is 1.36. The van der Waals surface area contributed by atoms with Gasteiger partial charge in [0.25, 0.3) is 0 Å². The van der Waals surface area contributed by atoms with Crippen molar-refractivity contribution in [2.75, 3.05) is 0 Å². The molecule has 0 bridgehead atoms. The molecule has 1 aliphatic rings. The lowest BCUT2D eigenvalue weighted by atomic mass is 10.6. The molecule has 8 heavy (non-hydrogen) atoms. The smallest absolute Gasteiger partial charge is 0.00748 e. The maximum Gasteiger partial charge on any atom is 0.00748 e. The van der Waals surface area contributed by atoms with E-state index in [9.17, 15) is 0 Å². The minimum atomic E-state index is -1.09. The van der Waals surface area contributed by atoms with Crippen molar-refractivity contribution in [3.63, 3.8) is 0 Å². The van der Waals surface area contributed by atoms with Crippen molar-refractivity contribution in [1.82, 2.24) is 4.72 Å². The van der Waals surface area contributed by atoms with Crippen molar-refractivity contribution >= 4 is 34.2 Å². The van der Waals surface area contributed by atoms with E-state index in [-0.39, 0.29) is 0 Å². The van der Waals surface area contributed by atoms with Gasteiger partial charge in [-0.25, -0.2) is 0 Å². The van der Waals surface area contributed by atoms with Crippen LogP contribution in [0.1, 0.15) is 0 Å². The second kappa shape index (κ2) is 2.37. The van der Waals surface area contributed by atoms with Crippen molar-refractivity contribution in [2.45, 2.75) is 0 Å². The van der Waals surface area contributed by atoms with Crippen molar-refractivity contribution < 1.29 is 0 Å². The molecule has 1 heterocycles. The van der Waals surface area contributed by atoms with E-state index in [1.54, 1.807) is 0 Å². The van der Waals surface area contributed by atoms with Gasteiger partial charge in [0.2, 0.25) is 0 Å². The van der Waals surface area contributed by atoms with Crippen molar-refractivity contribution in [3.05, 3.63) is 23.8 Å². The highest BCUT2D eigenvalue weighted by Gasteiger charge is 2.07. The van der Waals surface area contributed by atoms with Gasteiger partial charge in [-0.1, -0.05) is 17.7 Å². The minimum Gasteiger partial charge on any atom is -0.334 e. The zero-order valence-corrected chi connectivity index (χ0v) is 7.34. The third-order valence-electron chi connectivity index (χ3n) is 0.700. The molecule has 1 atom stereocenters. The highest BCUT2D eigenvalue weighted by Crippen LogP contribution is 2.58. The first-order valence-electron chi connectivity index (χ1n) is 2.07. The Kier molecular flexibility index (Phi) is 1.95. The Balaban J connectivity index is 2.65. The summed E-state index contributed by atoms with van der Waals surface area (Å²) in [6, 6.07) is 0. The monoisotopic (exact) mass is 211 g/mol. The number of allylic oxidation sites excluding steroid dienone is 2. The van der Waals surface area contributed by atoms with Crippen LogP contribution in [0.3, 0.4) is 0 Å². The summed E-state index contributed by atoms with van der Waals surface area (Å²) in [7, 11) is -1.09. The number of hydrogen-bond acceptors (Lipinski definition) is 2. The molecule has 4 heteroatoms. The van der Waals surface area contributed by atoms with Crippen LogP contribution in [0.5, 0.6) is 0 Å². The Bertz CT molecular complexity index is 141. The van der Waals surface area contributed by atoms with Gasteiger partial charge in [-0.05, 0) is 19.2 Å². The molecule has 0 saturated heterocycles. The average molecular weight is 212 g/mol. The van der Waals surface area contributed by atoms with Crippen LogP contribution in [0, 0.1) is 0 Å². The lowest BCUT2D eigenvalue weighted by Crippen LogP contribution is -2.01. The van der Waals surface area contributed by atoms with Crippen LogP contribution in [0.25, 0.3) is 0 Å². The molecule has 0 radical (unpaired) electrons. The summed E-state index contributed by atoms with van der Waals surface area (Å²) in [6.45, 7) is 0. The van der Waals surface area contributed by atoms with Crippen molar-refractivity contribution in [3.8, 4) is 0 Å². The van der Waals surface area contributed by atoms with E-state index in [1.807, 2.05) is 23.8 Å². The van der Waals surface area contributed by atoms with E-state index >= 15 is 0 Å². The average Bonchev–Trinajstić information content (AvgIpc) is 1.65. The zero-order valence-electron chi connectivity index (χ0n) is 4.04. The zero-order chi connectivity index (χ0) is 6.04. The molecule has 1 rings (SSSR count). The Morgan fingerprint density at radius 2 is 2.25 bits per heavy atom. The van der Waals surface area contributed by atoms with Gasteiger partial charge in [0.05, 0.1) is 0 Å². The molecule has 0 spiro atoms. The van der Waals surface area contributed by atoms with Crippen LogP contribution in [0.2, 0.25) is 0 Å². The van der Waals surface area contributed by atoms with E-state index in [4.69, 9.17) is 0 Å². The number of halogens is 1. The molecular formula is C4H6BrNS2. The molecule has 0 fully saturated rings.